The number of hydrogen-bond acceptors (Lipinski definition) is 2. The average molecular weight is 277 g/mol. The summed E-state index contributed by atoms with van der Waals surface area (Å²) in [5.41, 5.74) is 0. The summed E-state index contributed by atoms with van der Waals surface area (Å²) in [6.45, 7) is 1.92. The van der Waals surface area contributed by atoms with Crippen LogP contribution in [0.1, 0.15) is 57.8 Å². The van der Waals surface area contributed by atoms with Crippen LogP contribution in [0.25, 0.3) is 0 Å². The smallest absolute Gasteiger partial charge is 0.317 e. The number of carbonyl (C=O) groups is 1. The van der Waals surface area contributed by atoms with Gasteiger partial charge in [-0.05, 0) is 51.4 Å². The van der Waals surface area contributed by atoms with Gasteiger partial charge in [0.05, 0.1) is 0 Å². The van der Waals surface area contributed by atoms with Crippen LogP contribution in [0.4, 0.5) is 4.79 Å². The summed E-state index contributed by atoms with van der Waals surface area (Å²) in [5.74, 6) is 0. The Bertz CT molecular complexity index is 362. The highest BCUT2D eigenvalue weighted by Gasteiger charge is 2.45. The minimum Gasteiger partial charge on any atom is -0.335 e. The number of amides is 2. The zero-order valence-corrected chi connectivity index (χ0v) is 12.4. The van der Waals surface area contributed by atoms with Gasteiger partial charge in [-0.1, -0.05) is 6.42 Å². The van der Waals surface area contributed by atoms with Gasteiger partial charge in [0.25, 0.3) is 0 Å². The first-order valence-corrected chi connectivity index (χ1v) is 8.64. The van der Waals surface area contributed by atoms with Crippen LogP contribution in [0.5, 0.6) is 0 Å². The van der Waals surface area contributed by atoms with E-state index in [-0.39, 0.29) is 6.03 Å². The van der Waals surface area contributed by atoms with Crippen LogP contribution in [0.15, 0.2) is 0 Å². The second-order valence-electron chi connectivity index (χ2n) is 7.23. The van der Waals surface area contributed by atoms with E-state index in [2.05, 4.69) is 10.2 Å². The van der Waals surface area contributed by atoms with E-state index in [0.717, 1.165) is 31.2 Å². The Morgan fingerprint density at radius 2 is 1.50 bits per heavy atom. The number of rotatable bonds is 2. The predicted molar refractivity (Wildman–Crippen MR) is 78.6 cm³/mol. The molecular formula is C16H27N3O. The Balaban J connectivity index is 1.37. The number of likely N-dealkylation sites (tertiary alicyclic amines) is 1. The maximum Gasteiger partial charge on any atom is 0.317 e. The van der Waals surface area contributed by atoms with Gasteiger partial charge in [-0.25, -0.2) is 4.79 Å². The lowest BCUT2D eigenvalue weighted by atomic mass is 9.81. The molecule has 4 aliphatic rings. The van der Waals surface area contributed by atoms with Crippen molar-refractivity contribution in [1.82, 2.24) is 15.1 Å². The van der Waals surface area contributed by atoms with E-state index in [1.54, 1.807) is 0 Å². The number of piperidine rings is 2. The second kappa shape index (κ2) is 5.21. The van der Waals surface area contributed by atoms with Crippen LogP contribution >= 0.6 is 0 Å². The summed E-state index contributed by atoms with van der Waals surface area (Å²) >= 11 is 0. The Kier molecular flexibility index (Phi) is 3.37. The summed E-state index contributed by atoms with van der Waals surface area (Å²) in [7, 11) is 0. The molecule has 1 N–H and O–H groups in total. The fourth-order valence-electron chi connectivity index (χ4n) is 4.69. The molecular weight excluding hydrogens is 250 g/mol. The van der Waals surface area contributed by atoms with Gasteiger partial charge in [0.15, 0.2) is 0 Å². The van der Waals surface area contributed by atoms with Gasteiger partial charge in [-0.2, -0.15) is 0 Å². The molecule has 2 amide bonds. The lowest BCUT2D eigenvalue weighted by Gasteiger charge is -2.49. The summed E-state index contributed by atoms with van der Waals surface area (Å²) in [6, 6.07) is 3.01. The molecule has 2 bridgehead atoms. The van der Waals surface area contributed by atoms with Crippen LogP contribution in [0.3, 0.4) is 0 Å². The van der Waals surface area contributed by atoms with Gasteiger partial charge >= 0.3 is 6.03 Å². The van der Waals surface area contributed by atoms with Crippen LogP contribution in [-0.2, 0) is 0 Å². The molecule has 2 atom stereocenters. The molecule has 2 unspecified atom stereocenters. The maximum absolute atomic E-state index is 12.3. The fourth-order valence-corrected chi connectivity index (χ4v) is 4.69. The molecule has 4 fully saturated rings. The molecule has 20 heavy (non-hydrogen) atoms. The first-order valence-electron chi connectivity index (χ1n) is 8.64. The highest BCUT2D eigenvalue weighted by atomic mass is 16.2. The van der Waals surface area contributed by atoms with Crippen LogP contribution in [0, 0.1) is 0 Å². The second-order valence-corrected chi connectivity index (χ2v) is 7.23. The standard InChI is InChI=1S/C16H27N3O/c20-16(18-8-1-2-9-18)17-12-10-14-4-3-5-15(11-12)19(14)13-6-7-13/h12-15H,1-11H2,(H,17,20). The molecule has 3 heterocycles. The quantitative estimate of drug-likeness (QED) is 0.841. The van der Waals surface area contributed by atoms with E-state index in [4.69, 9.17) is 0 Å². The zero-order chi connectivity index (χ0) is 13.5. The van der Waals surface area contributed by atoms with E-state index < -0.39 is 0 Å². The number of urea groups is 1. The molecule has 0 aromatic heterocycles. The number of nitrogens with one attached hydrogen (secondary N) is 1. The van der Waals surface area contributed by atoms with Crippen LogP contribution in [-0.4, -0.2) is 53.1 Å². The van der Waals surface area contributed by atoms with Crippen molar-refractivity contribution in [3.05, 3.63) is 0 Å². The first kappa shape index (κ1) is 12.9. The predicted octanol–water partition coefficient (Wildman–Crippen LogP) is 2.34. The third-order valence-electron chi connectivity index (χ3n) is 5.72. The van der Waals surface area contributed by atoms with Crippen molar-refractivity contribution in [2.24, 2.45) is 0 Å². The summed E-state index contributed by atoms with van der Waals surface area (Å²) < 4.78 is 0. The number of fused-ring (bicyclic) bond motifs is 2. The maximum atomic E-state index is 12.3. The van der Waals surface area contributed by atoms with Crippen molar-refractivity contribution >= 4 is 6.03 Å². The Morgan fingerprint density at radius 3 is 2.10 bits per heavy atom. The third kappa shape index (κ3) is 2.43. The van der Waals surface area contributed by atoms with E-state index in [0.29, 0.717) is 6.04 Å². The Morgan fingerprint density at radius 1 is 0.850 bits per heavy atom. The van der Waals surface area contributed by atoms with E-state index in [1.807, 2.05) is 4.90 Å². The van der Waals surface area contributed by atoms with Crippen LogP contribution in [0.2, 0.25) is 0 Å². The zero-order valence-electron chi connectivity index (χ0n) is 12.4. The molecule has 3 saturated heterocycles. The average Bonchev–Trinajstić information content (AvgIpc) is 3.11. The van der Waals surface area contributed by atoms with Gasteiger partial charge in [-0.15, -0.1) is 0 Å². The minimum atomic E-state index is 0.199. The molecule has 4 nitrogen and oxygen atoms in total. The molecule has 1 saturated carbocycles. The van der Waals surface area contributed by atoms with Crippen LogP contribution < -0.4 is 5.32 Å². The van der Waals surface area contributed by atoms with Crippen molar-refractivity contribution in [1.29, 1.82) is 0 Å². The van der Waals surface area contributed by atoms with E-state index in [9.17, 15) is 4.79 Å². The highest BCUT2D eigenvalue weighted by molar-refractivity contribution is 5.74. The SMILES string of the molecule is O=C(NC1CC2CCCC(C1)N2C1CC1)N1CCCC1. The molecule has 112 valence electrons. The molecule has 0 spiro atoms. The fraction of sp³-hybridized carbons (Fsp3) is 0.938. The summed E-state index contributed by atoms with van der Waals surface area (Å²) in [5, 5.41) is 3.33. The van der Waals surface area contributed by atoms with Gasteiger partial charge in [0, 0.05) is 37.3 Å². The molecule has 0 aromatic rings. The molecule has 3 aliphatic heterocycles. The lowest BCUT2D eigenvalue weighted by Crippen LogP contribution is -2.58. The van der Waals surface area contributed by atoms with Gasteiger partial charge in [0.1, 0.15) is 0 Å². The molecule has 0 aromatic carbocycles. The first-order chi connectivity index (χ1) is 9.81. The Hall–Kier alpha value is -0.770. The monoisotopic (exact) mass is 277 g/mol. The summed E-state index contributed by atoms with van der Waals surface area (Å²) in [4.78, 5) is 17.1. The molecule has 0 radical (unpaired) electrons. The molecule has 4 heteroatoms. The molecule has 4 rings (SSSR count). The van der Waals surface area contributed by atoms with Crippen molar-refractivity contribution in [3.63, 3.8) is 0 Å². The largest absolute Gasteiger partial charge is 0.335 e. The van der Waals surface area contributed by atoms with Crippen molar-refractivity contribution in [2.75, 3.05) is 13.1 Å². The summed E-state index contributed by atoms with van der Waals surface area (Å²) in [6.07, 6.45) is 11.7. The van der Waals surface area contributed by atoms with Crippen molar-refractivity contribution < 1.29 is 4.79 Å². The normalized spacial score (nSPS) is 38.0. The van der Waals surface area contributed by atoms with Gasteiger partial charge < -0.3 is 10.2 Å². The van der Waals surface area contributed by atoms with E-state index in [1.165, 1.54) is 57.8 Å². The molecule has 1 aliphatic carbocycles. The topological polar surface area (TPSA) is 35.6 Å². The number of nitrogens with zero attached hydrogens (tertiary/aromatic N) is 2. The van der Waals surface area contributed by atoms with Gasteiger partial charge in [0.2, 0.25) is 0 Å². The third-order valence-corrected chi connectivity index (χ3v) is 5.72. The van der Waals surface area contributed by atoms with Gasteiger partial charge in [-0.3, -0.25) is 4.90 Å². The van der Waals surface area contributed by atoms with Crippen molar-refractivity contribution in [2.45, 2.75) is 82.0 Å². The lowest BCUT2D eigenvalue weighted by molar-refractivity contribution is 0.0187. The number of carbonyl (C=O) groups excluding carboxylic acids is 1. The van der Waals surface area contributed by atoms with E-state index >= 15 is 0 Å². The van der Waals surface area contributed by atoms with Crippen molar-refractivity contribution in [3.8, 4) is 0 Å². The highest BCUT2D eigenvalue weighted by Crippen LogP contribution is 2.41. The Labute approximate surface area is 121 Å². The minimum absolute atomic E-state index is 0.199. The number of hydrogen-bond donors (Lipinski definition) is 1.